The molecule has 2 N–H and O–H groups in total. The highest BCUT2D eigenvalue weighted by molar-refractivity contribution is 7.91. The Hall–Kier alpha value is -2.52. The Morgan fingerprint density at radius 1 is 1.19 bits per heavy atom. The number of rotatable bonds is 4. The molecule has 2 aromatic rings. The molecule has 0 heterocycles. The lowest BCUT2D eigenvalue weighted by Crippen LogP contribution is -2.15. The van der Waals surface area contributed by atoms with E-state index in [1.54, 1.807) is 37.3 Å². The SMILES string of the molecule is Cc1ccc(NS(=O)(=O)Cc2ccc(C#N)cc2)c(O)c1. The van der Waals surface area contributed by atoms with Crippen molar-refractivity contribution in [2.45, 2.75) is 12.7 Å². The predicted octanol–water partition coefficient (Wildman–Crippen LogP) is 2.51. The number of phenols is 1. The molecule has 0 saturated carbocycles. The average Bonchev–Trinajstić information content (AvgIpc) is 2.42. The summed E-state index contributed by atoms with van der Waals surface area (Å²) in [5.74, 6) is -0.343. The molecule has 2 rings (SSSR count). The maximum atomic E-state index is 12.1. The van der Waals surface area contributed by atoms with Crippen molar-refractivity contribution in [3.63, 3.8) is 0 Å². The highest BCUT2D eigenvalue weighted by Crippen LogP contribution is 2.25. The van der Waals surface area contributed by atoms with Crippen LogP contribution in [-0.4, -0.2) is 13.5 Å². The third-order valence-electron chi connectivity index (χ3n) is 2.86. The van der Waals surface area contributed by atoms with Crippen molar-refractivity contribution in [3.05, 3.63) is 59.2 Å². The van der Waals surface area contributed by atoms with Gasteiger partial charge in [0.15, 0.2) is 0 Å². The minimum absolute atomic E-state index is 0.113. The number of sulfonamides is 1. The summed E-state index contributed by atoms with van der Waals surface area (Å²) >= 11 is 0. The average molecular weight is 302 g/mol. The van der Waals surface area contributed by atoms with Crippen LogP contribution in [0.1, 0.15) is 16.7 Å². The Morgan fingerprint density at radius 3 is 2.43 bits per heavy atom. The first-order chi connectivity index (χ1) is 9.89. The minimum Gasteiger partial charge on any atom is -0.506 e. The van der Waals surface area contributed by atoms with Gasteiger partial charge in [-0.3, -0.25) is 4.72 Å². The molecular weight excluding hydrogens is 288 g/mol. The van der Waals surface area contributed by atoms with Crippen molar-refractivity contribution in [1.82, 2.24) is 0 Å². The van der Waals surface area contributed by atoms with Gasteiger partial charge < -0.3 is 5.11 Å². The van der Waals surface area contributed by atoms with E-state index in [1.165, 1.54) is 12.1 Å². The number of nitriles is 1. The summed E-state index contributed by atoms with van der Waals surface area (Å²) in [5.41, 5.74) is 2.02. The number of aromatic hydroxyl groups is 1. The molecule has 0 bridgehead atoms. The summed E-state index contributed by atoms with van der Waals surface area (Å²) in [5, 5.41) is 18.4. The largest absolute Gasteiger partial charge is 0.506 e. The van der Waals surface area contributed by atoms with Crippen LogP contribution in [0.15, 0.2) is 42.5 Å². The summed E-state index contributed by atoms with van der Waals surface area (Å²) in [6.07, 6.45) is 0. The zero-order valence-electron chi connectivity index (χ0n) is 11.4. The topological polar surface area (TPSA) is 90.2 Å². The smallest absolute Gasteiger partial charge is 0.237 e. The van der Waals surface area contributed by atoms with E-state index in [4.69, 9.17) is 5.26 Å². The second kappa shape index (κ2) is 5.85. The van der Waals surface area contributed by atoms with Crippen molar-refractivity contribution in [2.75, 3.05) is 4.72 Å². The van der Waals surface area contributed by atoms with Crippen LogP contribution in [0.2, 0.25) is 0 Å². The summed E-state index contributed by atoms with van der Waals surface area (Å²) < 4.78 is 26.5. The van der Waals surface area contributed by atoms with E-state index in [0.717, 1.165) is 5.56 Å². The van der Waals surface area contributed by atoms with E-state index in [9.17, 15) is 13.5 Å². The van der Waals surface area contributed by atoms with E-state index in [1.807, 2.05) is 6.07 Å². The van der Waals surface area contributed by atoms with Gasteiger partial charge in [0, 0.05) is 0 Å². The molecular formula is C15H14N2O3S. The number of nitrogens with one attached hydrogen (secondary N) is 1. The van der Waals surface area contributed by atoms with Gasteiger partial charge in [0.2, 0.25) is 10.0 Å². The third kappa shape index (κ3) is 3.97. The molecule has 5 nitrogen and oxygen atoms in total. The molecule has 0 aliphatic heterocycles. The van der Waals surface area contributed by atoms with Crippen LogP contribution < -0.4 is 4.72 Å². The van der Waals surface area contributed by atoms with Crippen molar-refractivity contribution in [2.24, 2.45) is 0 Å². The molecule has 0 spiro atoms. The van der Waals surface area contributed by atoms with Crippen LogP contribution in [0.5, 0.6) is 5.75 Å². The summed E-state index contributed by atoms with van der Waals surface area (Å²) in [6, 6.07) is 13.0. The van der Waals surface area contributed by atoms with Crippen LogP contribution in [0, 0.1) is 18.3 Å². The van der Waals surface area contributed by atoms with Crippen LogP contribution in [0.4, 0.5) is 5.69 Å². The lowest BCUT2D eigenvalue weighted by atomic mass is 10.2. The van der Waals surface area contributed by atoms with Gasteiger partial charge in [0.05, 0.1) is 23.1 Å². The van der Waals surface area contributed by atoms with E-state index in [-0.39, 0.29) is 17.2 Å². The molecule has 0 radical (unpaired) electrons. The Balaban J connectivity index is 2.16. The van der Waals surface area contributed by atoms with Crippen molar-refractivity contribution in [1.29, 1.82) is 5.26 Å². The third-order valence-corrected chi connectivity index (χ3v) is 4.10. The number of hydrogen-bond acceptors (Lipinski definition) is 4. The van der Waals surface area contributed by atoms with Crippen molar-refractivity contribution in [3.8, 4) is 11.8 Å². The van der Waals surface area contributed by atoms with Crippen LogP contribution in [0.3, 0.4) is 0 Å². The van der Waals surface area contributed by atoms with E-state index in [0.29, 0.717) is 11.1 Å². The van der Waals surface area contributed by atoms with Gasteiger partial charge in [-0.25, -0.2) is 8.42 Å². The van der Waals surface area contributed by atoms with Gasteiger partial charge in [0.1, 0.15) is 5.75 Å². The second-order valence-electron chi connectivity index (χ2n) is 4.69. The van der Waals surface area contributed by atoms with Gasteiger partial charge in [0.25, 0.3) is 0 Å². The Labute approximate surface area is 123 Å². The van der Waals surface area contributed by atoms with Crippen LogP contribution in [-0.2, 0) is 15.8 Å². The number of hydrogen-bond donors (Lipinski definition) is 2. The highest BCUT2D eigenvalue weighted by Gasteiger charge is 2.14. The molecule has 108 valence electrons. The number of phenolic OH excluding ortho intramolecular Hbond substituents is 1. The number of nitrogens with zero attached hydrogens (tertiary/aromatic N) is 1. The maximum Gasteiger partial charge on any atom is 0.237 e. The first-order valence-corrected chi connectivity index (χ1v) is 7.84. The van der Waals surface area contributed by atoms with E-state index in [2.05, 4.69) is 4.72 Å². The molecule has 0 atom stereocenters. The molecule has 6 heteroatoms. The maximum absolute atomic E-state index is 12.1. The first kappa shape index (κ1) is 14.9. The quantitative estimate of drug-likeness (QED) is 0.849. The monoisotopic (exact) mass is 302 g/mol. The van der Waals surface area contributed by atoms with Gasteiger partial charge in [-0.2, -0.15) is 5.26 Å². The van der Waals surface area contributed by atoms with Crippen LogP contribution in [0.25, 0.3) is 0 Å². The summed E-state index contributed by atoms with van der Waals surface area (Å²) in [7, 11) is -3.64. The Morgan fingerprint density at radius 2 is 1.86 bits per heavy atom. The molecule has 0 aliphatic carbocycles. The fraction of sp³-hybridized carbons (Fsp3) is 0.133. The van der Waals surface area contributed by atoms with Gasteiger partial charge in [-0.05, 0) is 42.3 Å². The zero-order valence-corrected chi connectivity index (χ0v) is 12.2. The predicted molar refractivity (Wildman–Crippen MR) is 80.2 cm³/mol. The number of benzene rings is 2. The Bertz CT molecular complexity index is 791. The normalized spacial score (nSPS) is 10.9. The van der Waals surface area contributed by atoms with E-state index >= 15 is 0 Å². The van der Waals surface area contributed by atoms with Gasteiger partial charge in [-0.1, -0.05) is 18.2 Å². The van der Waals surface area contributed by atoms with Crippen LogP contribution >= 0.6 is 0 Å². The lowest BCUT2D eigenvalue weighted by molar-refractivity contribution is 0.477. The van der Waals surface area contributed by atoms with Gasteiger partial charge >= 0.3 is 0 Å². The lowest BCUT2D eigenvalue weighted by Gasteiger charge is -2.10. The minimum atomic E-state index is -3.64. The molecule has 0 aromatic heterocycles. The summed E-state index contributed by atoms with van der Waals surface area (Å²) in [6.45, 7) is 1.80. The molecule has 0 fully saturated rings. The summed E-state index contributed by atoms with van der Waals surface area (Å²) in [4.78, 5) is 0. The molecule has 2 aromatic carbocycles. The fourth-order valence-corrected chi connectivity index (χ4v) is 3.04. The number of aryl methyl sites for hydroxylation is 1. The first-order valence-electron chi connectivity index (χ1n) is 6.19. The molecule has 0 saturated heterocycles. The van der Waals surface area contributed by atoms with Gasteiger partial charge in [-0.15, -0.1) is 0 Å². The van der Waals surface area contributed by atoms with Crippen molar-refractivity contribution >= 4 is 15.7 Å². The van der Waals surface area contributed by atoms with Crippen molar-refractivity contribution < 1.29 is 13.5 Å². The van der Waals surface area contributed by atoms with E-state index < -0.39 is 10.0 Å². The number of anilines is 1. The Kier molecular flexibility index (Phi) is 4.15. The zero-order chi connectivity index (χ0) is 15.5. The standard InChI is InChI=1S/C15H14N2O3S/c1-11-2-7-14(15(18)8-11)17-21(19,20)10-13-5-3-12(9-16)4-6-13/h2-8,17-18H,10H2,1H3. The molecule has 0 aliphatic rings. The second-order valence-corrected chi connectivity index (χ2v) is 6.41. The molecule has 0 unspecified atom stereocenters. The molecule has 0 amide bonds. The fourth-order valence-electron chi connectivity index (χ4n) is 1.83. The highest BCUT2D eigenvalue weighted by atomic mass is 32.2. The molecule has 21 heavy (non-hydrogen) atoms.